The van der Waals surface area contributed by atoms with E-state index >= 15 is 0 Å². The molecule has 22 heavy (non-hydrogen) atoms. The molecule has 1 aromatic carbocycles. The Morgan fingerprint density at radius 2 is 2.09 bits per heavy atom. The summed E-state index contributed by atoms with van der Waals surface area (Å²) in [6.45, 7) is 4.76. The number of halogens is 3. The van der Waals surface area contributed by atoms with E-state index in [-0.39, 0.29) is 5.41 Å². The number of nitrogens with one attached hydrogen (secondary N) is 2. The predicted octanol–water partition coefficient (Wildman–Crippen LogP) is 3.09. The van der Waals surface area contributed by atoms with Crippen molar-refractivity contribution < 1.29 is 13.2 Å². The Kier molecular flexibility index (Phi) is 4.78. The zero-order valence-electron chi connectivity index (χ0n) is 12.5. The van der Waals surface area contributed by atoms with E-state index in [0.29, 0.717) is 19.0 Å². The van der Waals surface area contributed by atoms with Crippen molar-refractivity contribution in [2.75, 3.05) is 20.1 Å². The van der Waals surface area contributed by atoms with Crippen LogP contribution in [0.3, 0.4) is 0 Å². The third kappa shape index (κ3) is 3.81. The maximum absolute atomic E-state index is 12.8. The molecule has 2 rings (SSSR count). The molecule has 0 bridgehead atoms. The van der Waals surface area contributed by atoms with Crippen LogP contribution in [0.1, 0.15) is 24.0 Å². The first kappa shape index (κ1) is 16.4. The van der Waals surface area contributed by atoms with Crippen LogP contribution in [0.25, 0.3) is 0 Å². The predicted molar refractivity (Wildman–Crippen MR) is 81.9 cm³/mol. The Morgan fingerprint density at radius 3 is 2.64 bits per heavy atom. The van der Waals surface area contributed by atoms with Crippen molar-refractivity contribution in [3.05, 3.63) is 48.0 Å². The highest BCUT2D eigenvalue weighted by molar-refractivity contribution is 5.80. The van der Waals surface area contributed by atoms with E-state index in [1.165, 1.54) is 12.1 Å². The molecular formula is C16H20F3N3. The van der Waals surface area contributed by atoms with E-state index in [1.807, 2.05) is 0 Å². The molecule has 1 aliphatic carbocycles. The minimum Gasteiger partial charge on any atom is -0.356 e. The smallest absolute Gasteiger partial charge is 0.356 e. The first-order chi connectivity index (χ1) is 10.4. The Bertz CT molecular complexity index is 560. The lowest BCUT2D eigenvalue weighted by molar-refractivity contribution is -0.137. The molecule has 1 fully saturated rings. The Hall–Kier alpha value is -1.98. The van der Waals surface area contributed by atoms with Gasteiger partial charge >= 0.3 is 6.18 Å². The van der Waals surface area contributed by atoms with Crippen molar-refractivity contribution >= 4 is 5.96 Å². The van der Waals surface area contributed by atoms with Crippen molar-refractivity contribution in [3.8, 4) is 0 Å². The standard InChI is InChI=1S/C16H20F3N3/c1-3-9-21-14(20-2)22-11-15(7-8-15)12-5-4-6-13(10-12)16(17,18)19/h3-6,10H,1,7-9,11H2,2H3,(H2,20,21,22). The van der Waals surface area contributed by atoms with Crippen molar-refractivity contribution in [3.63, 3.8) is 0 Å². The quantitative estimate of drug-likeness (QED) is 0.498. The van der Waals surface area contributed by atoms with Gasteiger partial charge in [0.1, 0.15) is 0 Å². The number of aliphatic imine (C=N–C) groups is 1. The zero-order valence-corrected chi connectivity index (χ0v) is 12.5. The van der Waals surface area contributed by atoms with Crippen molar-refractivity contribution in [1.29, 1.82) is 0 Å². The minimum atomic E-state index is -4.30. The van der Waals surface area contributed by atoms with Crippen LogP contribution in [0.2, 0.25) is 0 Å². The third-order valence-corrected chi connectivity index (χ3v) is 3.89. The topological polar surface area (TPSA) is 36.4 Å². The molecule has 0 unspecified atom stereocenters. The summed E-state index contributed by atoms with van der Waals surface area (Å²) in [5.74, 6) is 0.623. The van der Waals surface area contributed by atoms with E-state index in [2.05, 4.69) is 22.2 Å². The van der Waals surface area contributed by atoms with Crippen LogP contribution in [0.4, 0.5) is 13.2 Å². The Morgan fingerprint density at radius 1 is 1.36 bits per heavy atom. The average molecular weight is 311 g/mol. The first-order valence-corrected chi connectivity index (χ1v) is 7.14. The summed E-state index contributed by atoms with van der Waals surface area (Å²) in [4.78, 5) is 4.07. The summed E-state index contributed by atoms with van der Waals surface area (Å²) in [6, 6.07) is 5.61. The summed E-state index contributed by atoms with van der Waals surface area (Å²) in [6.07, 6.45) is -0.840. The van der Waals surface area contributed by atoms with Gasteiger partial charge in [0.2, 0.25) is 0 Å². The lowest BCUT2D eigenvalue weighted by Crippen LogP contribution is -2.41. The first-order valence-electron chi connectivity index (χ1n) is 7.14. The number of hydrogen-bond donors (Lipinski definition) is 2. The Balaban J connectivity index is 2.07. The largest absolute Gasteiger partial charge is 0.416 e. The number of nitrogens with zero attached hydrogens (tertiary/aromatic N) is 1. The van der Waals surface area contributed by atoms with Crippen LogP contribution < -0.4 is 10.6 Å². The molecule has 6 heteroatoms. The molecule has 1 aliphatic rings. The molecule has 0 aliphatic heterocycles. The third-order valence-electron chi connectivity index (χ3n) is 3.89. The van der Waals surface area contributed by atoms with E-state index in [1.54, 1.807) is 19.2 Å². The minimum absolute atomic E-state index is 0.229. The van der Waals surface area contributed by atoms with Gasteiger partial charge in [0.25, 0.3) is 0 Å². The van der Waals surface area contributed by atoms with Crippen LogP contribution >= 0.6 is 0 Å². The normalized spacial score (nSPS) is 17.0. The molecule has 1 saturated carbocycles. The molecule has 120 valence electrons. The molecule has 0 heterocycles. The van der Waals surface area contributed by atoms with Gasteiger partial charge in [-0.15, -0.1) is 6.58 Å². The SMILES string of the molecule is C=CCNC(=NC)NCC1(c2cccc(C(F)(F)F)c2)CC1. The lowest BCUT2D eigenvalue weighted by Gasteiger charge is -2.20. The second-order valence-electron chi connectivity index (χ2n) is 5.45. The number of rotatable bonds is 5. The van der Waals surface area contributed by atoms with Gasteiger partial charge in [-0.25, -0.2) is 0 Å². The fraction of sp³-hybridized carbons (Fsp3) is 0.438. The van der Waals surface area contributed by atoms with Gasteiger partial charge in [0, 0.05) is 25.6 Å². The van der Waals surface area contributed by atoms with Crippen LogP contribution in [0.5, 0.6) is 0 Å². The molecular weight excluding hydrogens is 291 g/mol. The van der Waals surface area contributed by atoms with Crippen LogP contribution in [0.15, 0.2) is 41.9 Å². The maximum Gasteiger partial charge on any atom is 0.416 e. The van der Waals surface area contributed by atoms with E-state index in [9.17, 15) is 13.2 Å². The molecule has 3 nitrogen and oxygen atoms in total. The van der Waals surface area contributed by atoms with Gasteiger partial charge < -0.3 is 10.6 Å². The van der Waals surface area contributed by atoms with Gasteiger partial charge in [0.05, 0.1) is 5.56 Å². The molecule has 0 aromatic heterocycles. The van der Waals surface area contributed by atoms with Crippen molar-refractivity contribution in [1.82, 2.24) is 10.6 Å². The van der Waals surface area contributed by atoms with Gasteiger partial charge in [0.15, 0.2) is 5.96 Å². The number of alkyl halides is 3. The summed E-state index contributed by atoms with van der Waals surface area (Å²) in [5.41, 5.74) is -0.0907. The number of hydrogen-bond acceptors (Lipinski definition) is 1. The zero-order chi connectivity index (χ0) is 16.2. The molecule has 0 atom stereocenters. The maximum atomic E-state index is 12.8. The summed E-state index contributed by atoms with van der Waals surface area (Å²) >= 11 is 0. The van der Waals surface area contributed by atoms with Gasteiger partial charge in [-0.3, -0.25) is 4.99 Å². The second kappa shape index (κ2) is 6.42. The van der Waals surface area contributed by atoms with Gasteiger partial charge in [-0.05, 0) is 24.5 Å². The van der Waals surface area contributed by atoms with Gasteiger partial charge in [-0.1, -0.05) is 24.3 Å². The van der Waals surface area contributed by atoms with E-state index in [0.717, 1.165) is 24.5 Å². The fourth-order valence-electron chi connectivity index (χ4n) is 2.39. The molecule has 2 N–H and O–H groups in total. The molecule has 0 radical (unpaired) electrons. The van der Waals surface area contributed by atoms with E-state index in [4.69, 9.17) is 0 Å². The highest BCUT2D eigenvalue weighted by Gasteiger charge is 2.45. The second-order valence-corrected chi connectivity index (χ2v) is 5.45. The van der Waals surface area contributed by atoms with Crippen LogP contribution in [-0.4, -0.2) is 26.1 Å². The van der Waals surface area contributed by atoms with Gasteiger partial charge in [-0.2, -0.15) is 13.2 Å². The highest BCUT2D eigenvalue weighted by atomic mass is 19.4. The highest BCUT2D eigenvalue weighted by Crippen LogP contribution is 2.48. The van der Waals surface area contributed by atoms with Crippen molar-refractivity contribution in [2.45, 2.75) is 24.4 Å². The molecule has 1 aromatic rings. The molecule has 0 saturated heterocycles. The van der Waals surface area contributed by atoms with E-state index < -0.39 is 11.7 Å². The average Bonchev–Trinajstić information content (AvgIpc) is 3.28. The van der Waals surface area contributed by atoms with Crippen LogP contribution in [0, 0.1) is 0 Å². The monoisotopic (exact) mass is 311 g/mol. The summed E-state index contributed by atoms with van der Waals surface area (Å²) < 4.78 is 38.5. The molecule has 0 spiro atoms. The lowest BCUT2D eigenvalue weighted by atomic mass is 9.94. The Labute approximate surface area is 128 Å². The van der Waals surface area contributed by atoms with Crippen LogP contribution in [-0.2, 0) is 11.6 Å². The summed E-state index contributed by atoms with van der Waals surface area (Å²) in [5, 5.41) is 6.22. The molecule has 0 amide bonds. The summed E-state index contributed by atoms with van der Waals surface area (Å²) in [7, 11) is 1.66. The number of guanidine groups is 1. The van der Waals surface area contributed by atoms with Crippen molar-refractivity contribution in [2.24, 2.45) is 4.99 Å². The fourth-order valence-corrected chi connectivity index (χ4v) is 2.39. The number of benzene rings is 1.